The number of H-pyrrole nitrogens is 1. The molecule has 3 rings (SSSR count). The molecule has 2 aromatic heterocycles. The molecule has 3 aromatic rings. The van der Waals surface area contributed by atoms with Crippen LogP contribution < -0.4 is 15.0 Å². The van der Waals surface area contributed by atoms with Gasteiger partial charge in [0.2, 0.25) is 0 Å². The van der Waals surface area contributed by atoms with Crippen LogP contribution in [0.15, 0.2) is 23.1 Å². The normalized spacial score (nSPS) is 10.9. The number of aryl methyl sites for hydroxylation is 1. The van der Waals surface area contributed by atoms with E-state index in [2.05, 4.69) is 15.0 Å². The van der Waals surface area contributed by atoms with E-state index in [-0.39, 0.29) is 15.6 Å². The summed E-state index contributed by atoms with van der Waals surface area (Å²) in [5.74, 6) is 1.28. The van der Waals surface area contributed by atoms with Gasteiger partial charge in [0.25, 0.3) is 5.56 Å². The summed E-state index contributed by atoms with van der Waals surface area (Å²) in [4.78, 5) is 23.4. The number of fused-ring (bicyclic) bond motifs is 1. The van der Waals surface area contributed by atoms with Gasteiger partial charge in [-0.25, -0.2) is 9.97 Å². The SMILES string of the molecule is COc1cc(OC)c(Cl)c(-c2cc3cnc(C)nc3c(=O)[nH]2)c1Cl. The molecule has 0 aliphatic heterocycles. The Morgan fingerprint density at radius 2 is 1.71 bits per heavy atom. The zero-order valence-corrected chi connectivity index (χ0v) is 14.6. The van der Waals surface area contributed by atoms with Crippen molar-refractivity contribution >= 4 is 34.1 Å². The summed E-state index contributed by atoms with van der Waals surface area (Å²) in [6.07, 6.45) is 1.58. The van der Waals surface area contributed by atoms with Gasteiger partial charge in [-0.1, -0.05) is 23.2 Å². The van der Waals surface area contributed by atoms with Gasteiger partial charge in [-0.05, 0) is 13.0 Å². The fourth-order valence-corrected chi connectivity index (χ4v) is 3.10. The second-order valence-electron chi connectivity index (χ2n) is 5.02. The van der Waals surface area contributed by atoms with Gasteiger partial charge in [0, 0.05) is 23.2 Å². The zero-order valence-electron chi connectivity index (χ0n) is 13.1. The van der Waals surface area contributed by atoms with Crippen LogP contribution in [0.4, 0.5) is 0 Å². The summed E-state index contributed by atoms with van der Waals surface area (Å²) in [6.45, 7) is 1.72. The molecular formula is C16H13Cl2N3O3. The third-order valence-corrected chi connectivity index (χ3v) is 4.29. The van der Waals surface area contributed by atoms with Crippen molar-refractivity contribution in [2.45, 2.75) is 6.92 Å². The average molecular weight is 366 g/mol. The van der Waals surface area contributed by atoms with Crippen LogP contribution in [-0.2, 0) is 0 Å². The Kier molecular flexibility index (Phi) is 4.34. The van der Waals surface area contributed by atoms with E-state index in [4.69, 9.17) is 32.7 Å². The van der Waals surface area contributed by atoms with E-state index >= 15 is 0 Å². The lowest BCUT2D eigenvalue weighted by molar-refractivity contribution is 0.395. The minimum absolute atomic E-state index is 0.270. The van der Waals surface area contributed by atoms with Crippen LogP contribution in [0.3, 0.4) is 0 Å². The fourth-order valence-electron chi connectivity index (χ4n) is 2.40. The number of halogens is 2. The van der Waals surface area contributed by atoms with Gasteiger partial charge in [0.15, 0.2) is 0 Å². The van der Waals surface area contributed by atoms with Crippen LogP contribution in [0.1, 0.15) is 5.82 Å². The zero-order chi connectivity index (χ0) is 17.4. The molecule has 1 N–H and O–H groups in total. The van der Waals surface area contributed by atoms with Crippen LogP contribution in [0, 0.1) is 6.92 Å². The fraction of sp³-hybridized carbons (Fsp3) is 0.188. The Balaban J connectivity index is 2.35. The predicted molar refractivity (Wildman–Crippen MR) is 93.5 cm³/mol. The number of aromatic nitrogens is 3. The maximum absolute atomic E-state index is 12.4. The Bertz CT molecular complexity index is 974. The largest absolute Gasteiger partial charge is 0.495 e. The summed E-state index contributed by atoms with van der Waals surface area (Å²) in [5, 5.41) is 1.12. The molecule has 0 aliphatic carbocycles. The van der Waals surface area contributed by atoms with Crippen molar-refractivity contribution in [1.82, 2.24) is 15.0 Å². The maximum atomic E-state index is 12.4. The Hall–Kier alpha value is -2.31. The van der Waals surface area contributed by atoms with Crippen molar-refractivity contribution in [3.63, 3.8) is 0 Å². The number of nitrogens with zero attached hydrogens (tertiary/aromatic N) is 2. The third-order valence-electron chi connectivity index (χ3n) is 3.54. The number of ether oxygens (including phenoxy) is 2. The topological polar surface area (TPSA) is 77.1 Å². The van der Waals surface area contributed by atoms with E-state index in [1.807, 2.05) is 0 Å². The summed E-state index contributed by atoms with van der Waals surface area (Å²) in [7, 11) is 2.97. The summed E-state index contributed by atoms with van der Waals surface area (Å²) < 4.78 is 10.5. The van der Waals surface area contributed by atoms with Gasteiger partial charge in [-0.2, -0.15) is 0 Å². The highest BCUT2D eigenvalue weighted by molar-refractivity contribution is 6.41. The number of aromatic amines is 1. The lowest BCUT2D eigenvalue weighted by Gasteiger charge is -2.14. The second kappa shape index (κ2) is 6.30. The monoisotopic (exact) mass is 365 g/mol. The first-order chi connectivity index (χ1) is 11.5. The van der Waals surface area contributed by atoms with Crippen molar-refractivity contribution in [3.8, 4) is 22.8 Å². The predicted octanol–water partition coefficient (Wildman–Crippen LogP) is 3.62. The van der Waals surface area contributed by atoms with Crippen LogP contribution in [-0.4, -0.2) is 29.2 Å². The molecule has 1 aromatic carbocycles. The van der Waals surface area contributed by atoms with Crippen LogP contribution >= 0.6 is 23.2 Å². The average Bonchev–Trinajstić information content (AvgIpc) is 2.56. The highest BCUT2D eigenvalue weighted by Gasteiger charge is 2.20. The van der Waals surface area contributed by atoms with Gasteiger partial charge in [-0.15, -0.1) is 0 Å². The molecule has 2 heterocycles. The van der Waals surface area contributed by atoms with Gasteiger partial charge < -0.3 is 14.5 Å². The van der Waals surface area contributed by atoms with E-state index in [0.29, 0.717) is 39.5 Å². The number of rotatable bonds is 3. The van der Waals surface area contributed by atoms with Crippen molar-refractivity contribution < 1.29 is 9.47 Å². The van der Waals surface area contributed by atoms with Gasteiger partial charge in [-0.3, -0.25) is 4.79 Å². The first-order valence-electron chi connectivity index (χ1n) is 6.93. The first kappa shape index (κ1) is 16.5. The number of methoxy groups -OCH3 is 2. The number of hydrogen-bond acceptors (Lipinski definition) is 5. The highest BCUT2D eigenvalue weighted by atomic mass is 35.5. The summed E-state index contributed by atoms with van der Waals surface area (Å²) in [6, 6.07) is 3.29. The second-order valence-corrected chi connectivity index (χ2v) is 5.77. The third kappa shape index (κ3) is 2.68. The van der Waals surface area contributed by atoms with Gasteiger partial charge in [0.1, 0.15) is 22.8 Å². The van der Waals surface area contributed by atoms with Crippen LogP contribution in [0.5, 0.6) is 11.5 Å². The molecule has 0 saturated carbocycles. The smallest absolute Gasteiger partial charge is 0.275 e. The molecule has 0 bridgehead atoms. The minimum atomic E-state index is -0.359. The number of hydrogen-bond donors (Lipinski definition) is 1. The van der Waals surface area contributed by atoms with Crippen molar-refractivity contribution in [2.24, 2.45) is 0 Å². The molecule has 0 saturated heterocycles. The molecule has 0 aliphatic rings. The molecule has 0 radical (unpaired) electrons. The summed E-state index contributed by atoms with van der Waals surface area (Å²) >= 11 is 12.8. The number of nitrogens with one attached hydrogen (secondary N) is 1. The Morgan fingerprint density at radius 1 is 1.08 bits per heavy atom. The van der Waals surface area contributed by atoms with E-state index in [1.54, 1.807) is 25.3 Å². The Morgan fingerprint density at radius 3 is 2.29 bits per heavy atom. The van der Waals surface area contributed by atoms with Crippen molar-refractivity contribution in [3.05, 3.63) is 44.6 Å². The number of pyridine rings is 1. The van der Waals surface area contributed by atoms with Crippen LogP contribution in [0.25, 0.3) is 22.2 Å². The molecule has 24 heavy (non-hydrogen) atoms. The highest BCUT2D eigenvalue weighted by Crippen LogP contribution is 2.45. The van der Waals surface area contributed by atoms with E-state index < -0.39 is 0 Å². The molecule has 124 valence electrons. The van der Waals surface area contributed by atoms with Crippen molar-refractivity contribution in [1.29, 1.82) is 0 Å². The van der Waals surface area contributed by atoms with E-state index in [0.717, 1.165) is 0 Å². The quantitative estimate of drug-likeness (QED) is 0.766. The molecular weight excluding hydrogens is 353 g/mol. The molecule has 8 heteroatoms. The lowest BCUT2D eigenvalue weighted by atomic mass is 10.1. The van der Waals surface area contributed by atoms with Gasteiger partial charge >= 0.3 is 0 Å². The first-order valence-corrected chi connectivity index (χ1v) is 7.69. The van der Waals surface area contributed by atoms with Gasteiger partial charge in [0.05, 0.1) is 30.0 Å². The maximum Gasteiger partial charge on any atom is 0.275 e. The molecule has 0 fully saturated rings. The van der Waals surface area contributed by atoms with Crippen LogP contribution in [0.2, 0.25) is 10.0 Å². The summed E-state index contributed by atoms with van der Waals surface area (Å²) in [5.41, 5.74) is 0.775. The van der Waals surface area contributed by atoms with Crippen molar-refractivity contribution in [2.75, 3.05) is 14.2 Å². The lowest BCUT2D eigenvalue weighted by Crippen LogP contribution is -2.10. The standard InChI is InChI=1S/C16H13Cl2N3O3/c1-7-19-6-8-4-9(21-16(22)15(8)20-7)12-13(17)10(23-2)5-11(24-3)14(12)18/h4-6H,1-3H3,(H,21,22). The Labute approximate surface area is 147 Å². The molecule has 0 spiro atoms. The van der Waals surface area contributed by atoms with E-state index in [9.17, 15) is 4.79 Å². The van der Waals surface area contributed by atoms with E-state index in [1.165, 1.54) is 14.2 Å². The molecule has 6 nitrogen and oxygen atoms in total. The molecule has 0 unspecified atom stereocenters. The molecule has 0 atom stereocenters. The number of benzene rings is 1. The minimum Gasteiger partial charge on any atom is -0.495 e. The molecule has 0 amide bonds.